The first-order valence-electron chi connectivity index (χ1n) is 7.44. The molecule has 23 heavy (non-hydrogen) atoms. The number of aryl methyl sites for hydroxylation is 1. The van der Waals surface area contributed by atoms with Crippen LogP contribution < -0.4 is 5.32 Å². The zero-order valence-corrected chi connectivity index (χ0v) is 14.1. The zero-order chi connectivity index (χ0) is 16.4. The number of fused-ring (bicyclic) bond motifs is 1. The smallest absolute Gasteiger partial charge is 0.324 e. The molecule has 0 radical (unpaired) electrons. The van der Waals surface area contributed by atoms with Gasteiger partial charge in [0, 0.05) is 11.9 Å². The normalized spacial score (nSPS) is 12.3. The van der Waals surface area contributed by atoms with E-state index in [4.69, 9.17) is 4.42 Å². The predicted octanol–water partition coefficient (Wildman–Crippen LogP) is 4.21. The molecule has 0 fully saturated rings. The summed E-state index contributed by atoms with van der Waals surface area (Å²) in [6.45, 7) is 6.29. The van der Waals surface area contributed by atoms with Crippen LogP contribution in [0.4, 0.5) is 9.93 Å². The van der Waals surface area contributed by atoms with Gasteiger partial charge < -0.3 is 9.32 Å². The van der Waals surface area contributed by atoms with Crippen molar-refractivity contribution in [1.82, 2.24) is 15.1 Å². The molecule has 2 aromatic heterocycles. The summed E-state index contributed by atoms with van der Waals surface area (Å²) in [4.78, 5) is 14.2. The molecule has 1 aromatic carbocycles. The van der Waals surface area contributed by atoms with Crippen LogP contribution in [0.5, 0.6) is 0 Å². The van der Waals surface area contributed by atoms with E-state index in [1.54, 1.807) is 4.90 Å². The Labute approximate surface area is 138 Å². The molecular weight excluding hydrogens is 312 g/mol. The van der Waals surface area contributed by atoms with E-state index in [0.717, 1.165) is 21.7 Å². The van der Waals surface area contributed by atoms with Gasteiger partial charge in [-0.2, -0.15) is 0 Å². The standard InChI is InChI=1S/C16H18N4O2S/c1-4-20(16(21)17-15-19-18-11(3)23-15)10(2)14-9-12-7-5-6-8-13(12)22-14/h5-10H,4H2,1-3H3,(H,17,19,21). The maximum absolute atomic E-state index is 12.5. The second-order valence-corrected chi connectivity index (χ2v) is 6.39. The first-order chi connectivity index (χ1) is 11.1. The average Bonchev–Trinajstić information content (AvgIpc) is 3.13. The Morgan fingerprint density at radius 3 is 2.83 bits per heavy atom. The number of benzene rings is 1. The van der Waals surface area contributed by atoms with Gasteiger partial charge in [-0.3, -0.25) is 5.32 Å². The van der Waals surface area contributed by atoms with Crippen LogP contribution in [0.1, 0.15) is 30.7 Å². The van der Waals surface area contributed by atoms with Crippen molar-refractivity contribution in [1.29, 1.82) is 0 Å². The molecular formula is C16H18N4O2S. The maximum atomic E-state index is 12.5. The molecule has 0 aliphatic carbocycles. The number of aromatic nitrogens is 2. The van der Waals surface area contributed by atoms with Crippen LogP contribution in [0.2, 0.25) is 0 Å². The van der Waals surface area contributed by atoms with Gasteiger partial charge in [-0.05, 0) is 32.9 Å². The minimum atomic E-state index is -0.211. The van der Waals surface area contributed by atoms with Crippen LogP contribution in [0.3, 0.4) is 0 Å². The Kier molecular flexibility index (Phi) is 4.29. The highest BCUT2D eigenvalue weighted by atomic mass is 32.1. The molecule has 120 valence electrons. The minimum absolute atomic E-state index is 0.179. The van der Waals surface area contributed by atoms with Gasteiger partial charge in [0.25, 0.3) is 0 Å². The number of urea groups is 1. The van der Waals surface area contributed by atoms with Gasteiger partial charge in [0.15, 0.2) is 0 Å². The van der Waals surface area contributed by atoms with Gasteiger partial charge in [0.2, 0.25) is 5.13 Å². The first kappa shape index (κ1) is 15.5. The lowest BCUT2D eigenvalue weighted by Crippen LogP contribution is -2.36. The van der Waals surface area contributed by atoms with Crippen molar-refractivity contribution in [2.24, 2.45) is 0 Å². The number of rotatable bonds is 4. The maximum Gasteiger partial charge on any atom is 0.324 e. The van der Waals surface area contributed by atoms with Crippen molar-refractivity contribution >= 4 is 33.5 Å². The topological polar surface area (TPSA) is 71.3 Å². The van der Waals surface area contributed by atoms with Crippen molar-refractivity contribution in [2.45, 2.75) is 26.8 Å². The Morgan fingerprint density at radius 2 is 2.17 bits per heavy atom. The van der Waals surface area contributed by atoms with E-state index in [1.165, 1.54) is 11.3 Å². The van der Waals surface area contributed by atoms with Crippen molar-refractivity contribution in [3.05, 3.63) is 41.1 Å². The van der Waals surface area contributed by atoms with E-state index in [2.05, 4.69) is 15.5 Å². The van der Waals surface area contributed by atoms with Crippen molar-refractivity contribution in [3.8, 4) is 0 Å². The summed E-state index contributed by atoms with van der Waals surface area (Å²) >= 11 is 1.35. The molecule has 2 heterocycles. The Balaban J connectivity index is 1.79. The monoisotopic (exact) mass is 330 g/mol. The molecule has 0 bridgehead atoms. The average molecular weight is 330 g/mol. The second kappa shape index (κ2) is 6.37. The molecule has 1 atom stereocenters. The molecule has 6 nitrogen and oxygen atoms in total. The van der Waals surface area contributed by atoms with E-state index in [9.17, 15) is 4.79 Å². The number of hydrogen-bond acceptors (Lipinski definition) is 5. The Hall–Kier alpha value is -2.41. The van der Waals surface area contributed by atoms with E-state index in [0.29, 0.717) is 11.7 Å². The highest BCUT2D eigenvalue weighted by Crippen LogP contribution is 2.28. The SMILES string of the molecule is CCN(C(=O)Nc1nnc(C)s1)C(C)c1cc2ccccc2o1. The third-order valence-corrected chi connectivity index (χ3v) is 4.42. The van der Waals surface area contributed by atoms with Crippen LogP contribution in [0, 0.1) is 6.92 Å². The Bertz CT molecular complexity index is 793. The van der Waals surface area contributed by atoms with E-state index in [1.807, 2.05) is 51.1 Å². The largest absolute Gasteiger partial charge is 0.459 e. The molecule has 0 aliphatic rings. The predicted molar refractivity (Wildman–Crippen MR) is 90.7 cm³/mol. The minimum Gasteiger partial charge on any atom is -0.459 e. The number of anilines is 1. The third kappa shape index (κ3) is 3.19. The summed E-state index contributed by atoms with van der Waals surface area (Å²) < 4.78 is 5.87. The molecule has 2 amide bonds. The summed E-state index contributed by atoms with van der Waals surface area (Å²) in [7, 11) is 0. The zero-order valence-electron chi connectivity index (χ0n) is 13.2. The molecule has 7 heteroatoms. The van der Waals surface area contributed by atoms with Gasteiger partial charge in [0.1, 0.15) is 16.4 Å². The number of para-hydroxylation sites is 1. The van der Waals surface area contributed by atoms with Gasteiger partial charge in [-0.1, -0.05) is 29.5 Å². The van der Waals surface area contributed by atoms with Crippen LogP contribution in [0.25, 0.3) is 11.0 Å². The summed E-state index contributed by atoms with van der Waals surface area (Å²) in [5.74, 6) is 0.761. The van der Waals surface area contributed by atoms with Crippen LogP contribution >= 0.6 is 11.3 Å². The summed E-state index contributed by atoms with van der Waals surface area (Å²) in [5, 5.41) is 13.0. The third-order valence-electron chi connectivity index (χ3n) is 3.67. The number of amides is 2. The van der Waals surface area contributed by atoms with Gasteiger partial charge in [0.05, 0.1) is 6.04 Å². The molecule has 0 saturated carbocycles. The number of nitrogens with zero attached hydrogens (tertiary/aromatic N) is 3. The van der Waals surface area contributed by atoms with Crippen molar-refractivity contribution in [2.75, 3.05) is 11.9 Å². The highest BCUT2D eigenvalue weighted by molar-refractivity contribution is 7.15. The quantitative estimate of drug-likeness (QED) is 0.778. The fourth-order valence-corrected chi connectivity index (χ4v) is 3.05. The highest BCUT2D eigenvalue weighted by Gasteiger charge is 2.23. The Morgan fingerprint density at radius 1 is 1.39 bits per heavy atom. The first-order valence-corrected chi connectivity index (χ1v) is 8.26. The van der Waals surface area contributed by atoms with E-state index < -0.39 is 0 Å². The fourth-order valence-electron chi connectivity index (χ4n) is 2.47. The van der Waals surface area contributed by atoms with Gasteiger partial charge in [-0.25, -0.2) is 4.79 Å². The molecule has 1 N–H and O–H groups in total. The molecule has 0 saturated heterocycles. The number of carbonyl (C=O) groups is 1. The van der Waals surface area contributed by atoms with Crippen molar-refractivity contribution in [3.63, 3.8) is 0 Å². The van der Waals surface area contributed by atoms with Gasteiger partial charge >= 0.3 is 6.03 Å². The number of hydrogen-bond donors (Lipinski definition) is 1. The number of carbonyl (C=O) groups excluding carboxylic acids is 1. The van der Waals surface area contributed by atoms with E-state index >= 15 is 0 Å². The molecule has 3 aromatic rings. The lowest BCUT2D eigenvalue weighted by atomic mass is 10.2. The number of furan rings is 1. The summed E-state index contributed by atoms with van der Waals surface area (Å²) in [6.07, 6.45) is 0. The van der Waals surface area contributed by atoms with Crippen LogP contribution in [-0.4, -0.2) is 27.7 Å². The second-order valence-electron chi connectivity index (χ2n) is 5.20. The lowest BCUT2D eigenvalue weighted by molar-refractivity contribution is 0.189. The summed E-state index contributed by atoms with van der Waals surface area (Å²) in [6, 6.07) is 9.40. The van der Waals surface area contributed by atoms with Crippen LogP contribution in [-0.2, 0) is 0 Å². The van der Waals surface area contributed by atoms with Crippen LogP contribution in [0.15, 0.2) is 34.7 Å². The van der Waals surface area contributed by atoms with Gasteiger partial charge in [-0.15, -0.1) is 10.2 Å². The molecule has 3 rings (SSSR count). The fraction of sp³-hybridized carbons (Fsp3) is 0.312. The lowest BCUT2D eigenvalue weighted by Gasteiger charge is -2.26. The molecule has 0 spiro atoms. The molecule has 1 unspecified atom stereocenters. The molecule has 0 aliphatic heterocycles. The van der Waals surface area contributed by atoms with E-state index in [-0.39, 0.29) is 12.1 Å². The number of nitrogens with one attached hydrogen (secondary N) is 1. The van der Waals surface area contributed by atoms with Crippen molar-refractivity contribution < 1.29 is 9.21 Å². The summed E-state index contributed by atoms with van der Waals surface area (Å²) in [5.41, 5.74) is 0.825.